The van der Waals surface area contributed by atoms with Crippen LogP contribution in [0.2, 0.25) is 0 Å². The Morgan fingerprint density at radius 3 is 2.35 bits per heavy atom. The van der Waals surface area contributed by atoms with E-state index in [1.54, 1.807) is 11.8 Å². The first-order valence-corrected chi connectivity index (χ1v) is 8.15. The molecule has 0 radical (unpaired) electrons. The van der Waals surface area contributed by atoms with Crippen molar-refractivity contribution in [3.63, 3.8) is 0 Å². The van der Waals surface area contributed by atoms with Crippen LogP contribution in [0, 0.1) is 0 Å². The first-order chi connectivity index (χ1) is 9.81. The molecule has 0 saturated carbocycles. The van der Waals surface area contributed by atoms with Crippen molar-refractivity contribution in [3.8, 4) is 0 Å². The summed E-state index contributed by atoms with van der Waals surface area (Å²) in [6.45, 7) is 0. The van der Waals surface area contributed by atoms with Gasteiger partial charge in [-0.05, 0) is 23.3 Å². The Kier molecular flexibility index (Phi) is 4.33. The molecular formula is C16H13BrN2S. The number of rotatable bonds is 3. The lowest BCUT2D eigenvalue weighted by molar-refractivity contribution is 1.20. The van der Waals surface area contributed by atoms with Gasteiger partial charge in [0.25, 0.3) is 0 Å². The van der Waals surface area contributed by atoms with E-state index >= 15 is 0 Å². The molecule has 1 aliphatic rings. The number of thioether (sulfide) groups is 1. The molecule has 0 atom stereocenters. The SMILES string of the molecule is Brc1ccc(C2=NN=C(Cc3ccccc3)SC2)cc1. The van der Waals surface area contributed by atoms with Gasteiger partial charge in [0.15, 0.2) is 0 Å². The Bertz CT molecular complexity index is 648. The van der Waals surface area contributed by atoms with E-state index in [1.807, 2.05) is 18.2 Å². The zero-order valence-electron chi connectivity index (χ0n) is 10.8. The van der Waals surface area contributed by atoms with E-state index in [-0.39, 0.29) is 0 Å². The topological polar surface area (TPSA) is 24.7 Å². The van der Waals surface area contributed by atoms with Crippen LogP contribution in [-0.2, 0) is 6.42 Å². The first-order valence-electron chi connectivity index (χ1n) is 6.37. The van der Waals surface area contributed by atoms with Crippen molar-refractivity contribution in [1.29, 1.82) is 0 Å². The third kappa shape index (κ3) is 3.38. The maximum absolute atomic E-state index is 4.38. The van der Waals surface area contributed by atoms with Crippen LogP contribution in [0.4, 0.5) is 0 Å². The summed E-state index contributed by atoms with van der Waals surface area (Å²) < 4.78 is 1.08. The van der Waals surface area contributed by atoms with Gasteiger partial charge in [-0.1, -0.05) is 58.4 Å². The molecule has 0 fully saturated rings. The van der Waals surface area contributed by atoms with Crippen LogP contribution in [0.15, 0.2) is 69.3 Å². The van der Waals surface area contributed by atoms with E-state index < -0.39 is 0 Å². The minimum absolute atomic E-state index is 0.864. The van der Waals surface area contributed by atoms with Crippen LogP contribution < -0.4 is 0 Å². The lowest BCUT2D eigenvalue weighted by atomic mass is 10.1. The molecule has 0 N–H and O–H groups in total. The molecule has 0 aromatic heterocycles. The quantitative estimate of drug-likeness (QED) is 0.801. The van der Waals surface area contributed by atoms with Gasteiger partial charge in [0, 0.05) is 16.6 Å². The van der Waals surface area contributed by atoms with Crippen LogP contribution in [0.25, 0.3) is 0 Å². The molecule has 1 aliphatic heterocycles. The maximum atomic E-state index is 4.38. The highest BCUT2D eigenvalue weighted by molar-refractivity contribution is 9.10. The number of nitrogens with zero attached hydrogens (tertiary/aromatic N) is 2. The lowest BCUT2D eigenvalue weighted by Gasteiger charge is -2.12. The fourth-order valence-electron chi connectivity index (χ4n) is 1.97. The number of benzene rings is 2. The van der Waals surface area contributed by atoms with Gasteiger partial charge >= 0.3 is 0 Å². The molecule has 20 heavy (non-hydrogen) atoms. The van der Waals surface area contributed by atoms with Gasteiger partial charge in [-0.2, -0.15) is 5.10 Å². The standard InChI is InChI=1S/C16H13BrN2S/c17-14-8-6-13(7-9-14)15-11-20-16(19-18-15)10-12-4-2-1-3-5-12/h1-9H,10-11H2. The second-order valence-corrected chi connectivity index (χ2v) is 6.46. The van der Waals surface area contributed by atoms with Gasteiger partial charge in [-0.15, -0.1) is 16.9 Å². The third-order valence-electron chi connectivity index (χ3n) is 3.03. The summed E-state index contributed by atoms with van der Waals surface area (Å²) in [4.78, 5) is 0. The van der Waals surface area contributed by atoms with E-state index in [1.165, 1.54) is 5.56 Å². The van der Waals surface area contributed by atoms with E-state index in [4.69, 9.17) is 0 Å². The fraction of sp³-hybridized carbons (Fsp3) is 0.125. The number of hydrogen-bond acceptors (Lipinski definition) is 3. The van der Waals surface area contributed by atoms with E-state index in [9.17, 15) is 0 Å². The molecule has 100 valence electrons. The molecule has 0 spiro atoms. The highest BCUT2D eigenvalue weighted by atomic mass is 79.9. The summed E-state index contributed by atoms with van der Waals surface area (Å²) in [5, 5.41) is 9.82. The second kappa shape index (κ2) is 6.37. The summed E-state index contributed by atoms with van der Waals surface area (Å²) in [6, 6.07) is 18.6. The van der Waals surface area contributed by atoms with Crippen LogP contribution in [-0.4, -0.2) is 16.5 Å². The van der Waals surface area contributed by atoms with E-state index in [0.717, 1.165) is 33.0 Å². The minimum Gasteiger partial charge on any atom is -0.153 e. The molecule has 0 saturated heterocycles. The summed E-state index contributed by atoms with van der Waals surface area (Å²) in [6.07, 6.45) is 0.864. The highest BCUT2D eigenvalue weighted by Gasteiger charge is 2.12. The zero-order chi connectivity index (χ0) is 13.8. The monoisotopic (exact) mass is 344 g/mol. The zero-order valence-corrected chi connectivity index (χ0v) is 13.2. The Morgan fingerprint density at radius 1 is 0.950 bits per heavy atom. The van der Waals surface area contributed by atoms with Crippen LogP contribution in [0.1, 0.15) is 11.1 Å². The third-order valence-corrected chi connectivity index (χ3v) is 4.54. The summed E-state index contributed by atoms with van der Waals surface area (Å²) in [5.41, 5.74) is 3.46. The Labute approximate surface area is 131 Å². The first kappa shape index (κ1) is 13.6. The van der Waals surface area contributed by atoms with Gasteiger partial charge in [0.1, 0.15) is 5.04 Å². The van der Waals surface area contributed by atoms with Crippen LogP contribution in [0.3, 0.4) is 0 Å². The molecule has 4 heteroatoms. The molecule has 0 aliphatic carbocycles. The normalized spacial score (nSPS) is 14.7. The molecule has 2 nitrogen and oxygen atoms in total. The van der Waals surface area contributed by atoms with Crippen molar-refractivity contribution in [1.82, 2.24) is 0 Å². The van der Waals surface area contributed by atoms with Gasteiger partial charge in [-0.3, -0.25) is 0 Å². The van der Waals surface area contributed by atoms with Crippen molar-refractivity contribution in [2.24, 2.45) is 10.2 Å². The molecule has 0 unspecified atom stereocenters. The van der Waals surface area contributed by atoms with E-state index in [0.29, 0.717) is 0 Å². The van der Waals surface area contributed by atoms with Gasteiger partial charge in [0.05, 0.1) is 5.71 Å². The summed E-state index contributed by atoms with van der Waals surface area (Å²) in [7, 11) is 0. The highest BCUT2D eigenvalue weighted by Crippen LogP contribution is 2.20. The average Bonchev–Trinajstić information content (AvgIpc) is 2.50. The van der Waals surface area contributed by atoms with Crippen LogP contribution >= 0.6 is 27.7 Å². The maximum Gasteiger partial charge on any atom is 0.101 e. The molecule has 2 aromatic carbocycles. The summed E-state index contributed by atoms with van der Waals surface area (Å²) in [5.74, 6) is 0.882. The molecule has 0 bridgehead atoms. The van der Waals surface area contributed by atoms with Crippen LogP contribution in [0.5, 0.6) is 0 Å². The lowest BCUT2D eigenvalue weighted by Crippen LogP contribution is -2.12. The van der Waals surface area contributed by atoms with Crippen molar-refractivity contribution in [2.45, 2.75) is 6.42 Å². The van der Waals surface area contributed by atoms with E-state index in [2.05, 4.69) is 62.5 Å². The van der Waals surface area contributed by atoms with Crippen molar-refractivity contribution < 1.29 is 0 Å². The molecule has 0 amide bonds. The van der Waals surface area contributed by atoms with Crippen molar-refractivity contribution >= 4 is 38.4 Å². The second-order valence-electron chi connectivity index (χ2n) is 4.50. The predicted molar refractivity (Wildman–Crippen MR) is 90.7 cm³/mol. The largest absolute Gasteiger partial charge is 0.153 e. The Hall–Kier alpha value is -1.39. The number of halogens is 1. The molecule has 2 aromatic rings. The van der Waals surface area contributed by atoms with Crippen molar-refractivity contribution in [2.75, 3.05) is 5.75 Å². The average molecular weight is 345 g/mol. The summed E-state index contributed by atoms with van der Waals surface area (Å²) >= 11 is 5.22. The Morgan fingerprint density at radius 2 is 1.70 bits per heavy atom. The van der Waals surface area contributed by atoms with Gasteiger partial charge in [0.2, 0.25) is 0 Å². The smallest absolute Gasteiger partial charge is 0.101 e. The number of hydrogen-bond donors (Lipinski definition) is 0. The molecule has 1 heterocycles. The molecule has 3 rings (SSSR count). The minimum atomic E-state index is 0.864. The Balaban J connectivity index is 1.74. The van der Waals surface area contributed by atoms with Crippen molar-refractivity contribution in [3.05, 3.63) is 70.2 Å². The fourth-order valence-corrected chi connectivity index (χ4v) is 3.13. The molecular weight excluding hydrogens is 332 g/mol. The van der Waals surface area contributed by atoms with Gasteiger partial charge < -0.3 is 0 Å². The predicted octanol–water partition coefficient (Wildman–Crippen LogP) is 4.54. The van der Waals surface area contributed by atoms with Gasteiger partial charge in [-0.25, -0.2) is 0 Å².